The maximum Gasteiger partial charge on any atom is 0.221 e. The molecule has 1 amide bonds. The van der Waals surface area contributed by atoms with E-state index in [4.69, 9.17) is 16.3 Å². The molecule has 1 unspecified atom stereocenters. The van der Waals surface area contributed by atoms with Crippen molar-refractivity contribution >= 4 is 17.5 Å². The summed E-state index contributed by atoms with van der Waals surface area (Å²) in [5.41, 5.74) is 0. The van der Waals surface area contributed by atoms with E-state index in [2.05, 4.69) is 15.5 Å². The standard InChI is InChI=1S/C19H28ClN3O2/c20-15-3-5-18(6-4-15)25-13-12-23-10-7-16(8-11-23)22-19(24)14-17-2-1-9-21-17/h3-6,16-17,21H,1-2,7-14H2,(H,22,24). The lowest BCUT2D eigenvalue weighted by Gasteiger charge is -2.32. The summed E-state index contributed by atoms with van der Waals surface area (Å²) in [6.07, 6.45) is 4.97. The van der Waals surface area contributed by atoms with Gasteiger partial charge >= 0.3 is 0 Å². The number of rotatable bonds is 7. The fraction of sp³-hybridized carbons (Fsp3) is 0.632. The highest BCUT2D eigenvalue weighted by Crippen LogP contribution is 2.16. The number of nitrogens with zero attached hydrogens (tertiary/aromatic N) is 1. The van der Waals surface area contributed by atoms with Gasteiger partial charge in [-0.25, -0.2) is 0 Å². The molecule has 2 aliphatic rings. The summed E-state index contributed by atoms with van der Waals surface area (Å²) >= 11 is 5.87. The third kappa shape index (κ3) is 6.17. The van der Waals surface area contributed by atoms with Crippen molar-refractivity contribution in [1.29, 1.82) is 0 Å². The highest BCUT2D eigenvalue weighted by Gasteiger charge is 2.23. The average molecular weight is 366 g/mol. The van der Waals surface area contributed by atoms with Crippen molar-refractivity contribution in [3.05, 3.63) is 29.3 Å². The van der Waals surface area contributed by atoms with Crippen LogP contribution < -0.4 is 15.4 Å². The first kappa shape index (κ1) is 18.5. The molecule has 3 rings (SSSR count). The number of benzene rings is 1. The summed E-state index contributed by atoms with van der Waals surface area (Å²) in [7, 11) is 0. The lowest BCUT2D eigenvalue weighted by Crippen LogP contribution is -2.46. The summed E-state index contributed by atoms with van der Waals surface area (Å²) in [6, 6.07) is 8.16. The molecule has 5 nitrogen and oxygen atoms in total. The SMILES string of the molecule is O=C(CC1CCCN1)NC1CCN(CCOc2ccc(Cl)cc2)CC1. The molecule has 0 bridgehead atoms. The predicted molar refractivity (Wildman–Crippen MR) is 100 cm³/mol. The Labute approximate surface area is 155 Å². The van der Waals surface area contributed by atoms with E-state index in [1.807, 2.05) is 24.3 Å². The normalized spacial score (nSPS) is 22.0. The first-order valence-corrected chi connectivity index (χ1v) is 9.70. The summed E-state index contributed by atoms with van der Waals surface area (Å²) in [6.45, 7) is 4.66. The Morgan fingerprint density at radius 2 is 2.00 bits per heavy atom. The van der Waals surface area contributed by atoms with Crippen LogP contribution in [0.4, 0.5) is 0 Å². The van der Waals surface area contributed by atoms with Gasteiger partial charge in [0.25, 0.3) is 0 Å². The zero-order chi connectivity index (χ0) is 17.5. The Hall–Kier alpha value is -1.30. The van der Waals surface area contributed by atoms with Crippen molar-refractivity contribution < 1.29 is 9.53 Å². The largest absolute Gasteiger partial charge is 0.492 e. The van der Waals surface area contributed by atoms with Crippen molar-refractivity contribution in [3.63, 3.8) is 0 Å². The number of ether oxygens (including phenoxy) is 1. The Balaban J connectivity index is 1.29. The quantitative estimate of drug-likeness (QED) is 0.779. The van der Waals surface area contributed by atoms with Crippen molar-refractivity contribution in [1.82, 2.24) is 15.5 Å². The number of halogens is 1. The lowest BCUT2D eigenvalue weighted by atomic mass is 10.0. The molecule has 2 fully saturated rings. The maximum atomic E-state index is 12.1. The van der Waals surface area contributed by atoms with Gasteiger partial charge in [-0.15, -0.1) is 0 Å². The average Bonchev–Trinajstić information content (AvgIpc) is 3.11. The van der Waals surface area contributed by atoms with Crippen LogP contribution in [0.3, 0.4) is 0 Å². The Morgan fingerprint density at radius 3 is 2.68 bits per heavy atom. The molecule has 0 aliphatic carbocycles. The maximum absolute atomic E-state index is 12.1. The molecule has 0 radical (unpaired) electrons. The van der Waals surface area contributed by atoms with E-state index in [-0.39, 0.29) is 5.91 Å². The Bertz CT molecular complexity index is 538. The fourth-order valence-corrected chi connectivity index (χ4v) is 3.69. The van der Waals surface area contributed by atoms with E-state index < -0.39 is 0 Å². The summed E-state index contributed by atoms with van der Waals surface area (Å²) in [4.78, 5) is 14.5. The van der Waals surface area contributed by atoms with E-state index >= 15 is 0 Å². The zero-order valence-corrected chi connectivity index (χ0v) is 15.4. The predicted octanol–water partition coefficient (Wildman–Crippen LogP) is 2.44. The molecule has 25 heavy (non-hydrogen) atoms. The summed E-state index contributed by atoms with van der Waals surface area (Å²) in [5, 5.41) is 7.31. The van der Waals surface area contributed by atoms with Gasteiger partial charge in [-0.05, 0) is 56.5 Å². The number of amides is 1. The molecule has 6 heteroatoms. The van der Waals surface area contributed by atoms with Crippen LogP contribution >= 0.6 is 11.6 Å². The number of likely N-dealkylation sites (tertiary alicyclic amines) is 1. The third-order valence-electron chi connectivity index (χ3n) is 5.04. The van der Waals surface area contributed by atoms with Crippen LogP contribution in [0.1, 0.15) is 32.1 Å². The highest BCUT2D eigenvalue weighted by molar-refractivity contribution is 6.30. The molecular formula is C19H28ClN3O2. The molecule has 2 N–H and O–H groups in total. The summed E-state index contributed by atoms with van der Waals surface area (Å²) < 4.78 is 5.75. The van der Waals surface area contributed by atoms with Gasteiger partial charge in [0.15, 0.2) is 0 Å². The molecule has 2 saturated heterocycles. The van der Waals surface area contributed by atoms with Gasteiger partial charge < -0.3 is 15.4 Å². The van der Waals surface area contributed by atoms with Crippen LogP contribution in [-0.4, -0.2) is 55.7 Å². The second kappa shape index (κ2) is 9.41. The molecular weight excluding hydrogens is 338 g/mol. The van der Waals surface area contributed by atoms with Crippen LogP contribution in [0.2, 0.25) is 5.02 Å². The van der Waals surface area contributed by atoms with Gasteiger partial charge in [-0.1, -0.05) is 11.6 Å². The topological polar surface area (TPSA) is 53.6 Å². The Kier molecular flexibility index (Phi) is 6.96. The van der Waals surface area contributed by atoms with E-state index in [0.717, 1.165) is 56.2 Å². The van der Waals surface area contributed by atoms with Gasteiger partial charge in [-0.3, -0.25) is 9.69 Å². The van der Waals surface area contributed by atoms with Crippen LogP contribution in [0, 0.1) is 0 Å². The Morgan fingerprint density at radius 1 is 1.24 bits per heavy atom. The molecule has 2 aliphatic heterocycles. The molecule has 0 aromatic heterocycles. The number of carbonyl (C=O) groups excluding carboxylic acids is 1. The smallest absolute Gasteiger partial charge is 0.221 e. The second-order valence-electron chi connectivity index (χ2n) is 6.98. The monoisotopic (exact) mass is 365 g/mol. The minimum absolute atomic E-state index is 0.198. The minimum atomic E-state index is 0.198. The van der Waals surface area contributed by atoms with Gasteiger partial charge in [0.2, 0.25) is 5.91 Å². The van der Waals surface area contributed by atoms with Gasteiger partial charge in [0.05, 0.1) is 0 Å². The zero-order valence-electron chi connectivity index (χ0n) is 14.7. The van der Waals surface area contributed by atoms with E-state index in [1.165, 1.54) is 6.42 Å². The van der Waals surface area contributed by atoms with Gasteiger partial charge in [0, 0.05) is 43.2 Å². The van der Waals surface area contributed by atoms with Crippen molar-refractivity contribution in [2.75, 3.05) is 32.8 Å². The van der Waals surface area contributed by atoms with E-state index in [1.54, 1.807) is 0 Å². The van der Waals surface area contributed by atoms with Crippen LogP contribution in [-0.2, 0) is 4.79 Å². The highest BCUT2D eigenvalue weighted by atomic mass is 35.5. The van der Waals surface area contributed by atoms with Gasteiger partial charge in [-0.2, -0.15) is 0 Å². The molecule has 0 saturated carbocycles. The number of nitrogens with one attached hydrogen (secondary N) is 2. The molecule has 1 aromatic rings. The van der Waals surface area contributed by atoms with Crippen molar-refractivity contribution in [3.8, 4) is 5.75 Å². The summed E-state index contributed by atoms with van der Waals surface area (Å²) in [5.74, 6) is 1.05. The lowest BCUT2D eigenvalue weighted by molar-refractivity contribution is -0.122. The number of hydrogen-bond acceptors (Lipinski definition) is 4. The van der Waals surface area contributed by atoms with Gasteiger partial charge in [0.1, 0.15) is 12.4 Å². The molecule has 0 spiro atoms. The van der Waals surface area contributed by atoms with E-state index in [9.17, 15) is 4.79 Å². The second-order valence-corrected chi connectivity index (χ2v) is 7.42. The van der Waals surface area contributed by atoms with Crippen LogP contribution in [0.5, 0.6) is 5.75 Å². The van der Waals surface area contributed by atoms with E-state index in [0.29, 0.717) is 25.1 Å². The molecule has 2 heterocycles. The molecule has 1 atom stereocenters. The number of hydrogen-bond donors (Lipinski definition) is 2. The third-order valence-corrected chi connectivity index (χ3v) is 5.29. The first-order chi connectivity index (χ1) is 12.2. The molecule has 138 valence electrons. The molecule has 1 aromatic carbocycles. The van der Waals surface area contributed by atoms with Crippen molar-refractivity contribution in [2.24, 2.45) is 0 Å². The number of piperidine rings is 1. The fourth-order valence-electron chi connectivity index (χ4n) is 3.57. The first-order valence-electron chi connectivity index (χ1n) is 9.32. The van der Waals surface area contributed by atoms with Crippen LogP contribution in [0.25, 0.3) is 0 Å². The minimum Gasteiger partial charge on any atom is -0.492 e. The number of carbonyl (C=O) groups is 1. The van der Waals surface area contributed by atoms with Crippen LogP contribution in [0.15, 0.2) is 24.3 Å². The van der Waals surface area contributed by atoms with Crippen molar-refractivity contribution in [2.45, 2.75) is 44.2 Å².